The fourth-order valence-corrected chi connectivity index (χ4v) is 8.48. The molecule has 6 atom stereocenters. The zero-order chi connectivity index (χ0) is 32.4. The van der Waals surface area contributed by atoms with Crippen molar-refractivity contribution in [2.75, 3.05) is 13.6 Å². The molecule has 7 rings (SSSR count). The van der Waals surface area contributed by atoms with E-state index in [1.54, 1.807) is 13.1 Å². The predicted molar refractivity (Wildman–Crippen MR) is 162 cm³/mol. The Morgan fingerprint density at radius 2 is 1.87 bits per heavy atom. The molecule has 3 aromatic carbocycles. The van der Waals surface area contributed by atoms with E-state index in [0.29, 0.717) is 32.2 Å². The van der Waals surface area contributed by atoms with Crippen LogP contribution in [0, 0.1) is 23.2 Å². The number of carbonyl (C=O) groups excluding carboxylic acids is 1. The Bertz CT molecular complexity index is 1800. The van der Waals surface area contributed by atoms with Crippen molar-refractivity contribution in [2.45, 2.75) is 73.5 Å². The van der Waals surface area contributed by atoms with E-state index >= 15 is 0 Å². The van der Waals surface area contributed by atoms with E-state index in [9.17, 15) is 33.4 Å². The molecule has 4 aliphatic rings. The molecule has 3 aromatic rings. The van der Waals surface area contributed by atoms with Crippen LogP contribution in [0.5, 0.6) is 11.5 Å². The summed E-state index contributed by atoms with van der Waals surface area (Å²) in [6, 6.07) is 18.8. The molecular formula is C36H32F3N3O4. The fourth-order valence-electron chi connectivity index (χ4n) is 8.48. The molecule has 2 heterocycles. The number of phenolic OH excluding ortho intramolecular Hbond substituents is 1. The second-order valence-electron chi connectivity index (χ2n) is 12.8. The summed E-state index contributed by atoms with van der Waals surface area (Å²) in [6.45, 7) is 0.582. The van der Waals surface area contributed by atoms with Gasteiger partial charge in [-0.3, -0.25) is 9.69 Å². The van der Waals surface area contributed by atoms with Crippen molar-refractivity contribution in [3.05, 3.63) is 94.5 Å². The first-order valence-corrected chi connectivity index (χ1v) is 15.4. The van der Waals surface area contributed by atoms with E-state index in [4.69, 9.17) is 4.74 Å². The van der Waals surface area contributed by atoms with Gasteiger partial charge in [-0.15, -0.1) is 0 Å². The fraction of sp³-hybridized carbons (Fsp3) is 0.389. The smallest absolute Gasteiger partial charge is 0.416 e. The van der Waals surface area contributed by atoms with Crippen LogP contribution in [-0.4, -0.2) is 69.3 Å². The van der Waals surface area contributed by atoms with Crippen molar-refractivity contribution in [2.24, 2.45) is 0 Å². The number of likely N-dealkylation sites (N-methyl/N-ethyl adjacent to an activating group) is 1. The maximum atomic E-state index is 13.4. The Hall–Kier alpha value is -4.51. The average Bonchev–Trinajstić information content (AvgIpc) is 3.40. The highest BCUT2D eigenvalue weighted by atomic mass is 19.4. The van der Waals surface area contributed by atoms with Gasteiger partial charge in [-0.1, -0.05) is 42.3 Å². The number of aliphatic hydroxyl groups is 1. The summed E-state index contributed by atoms with van der Waals surface area (Å²) in [5, 5.41) is 34.2. The van der Waals surface area contributed by atoms with Crippen molar-refractivity contribution < 1.29 is 32.9 Å². The third-order valence-electron chi connectivity index (χ3n) is 10.6. The number of phenols is 1. The van der Waals surface area contributed by atoms with E-state index < -0.39 is 46.9 Å². The Morgan fingerprint density at radius 1 is 1.13 bits per heavy atom. The number of piperidine rings is 1. The van der Waals surface area contributed by atoms with Gasteiger partial charge in [0, 0.05) is 36.7 Å². The molecule has 2 aliphatic heterocycles. The number of hydrogen-bond acceptors (Lipinski definition) is 6. The summed E-state index contributed by atoms with van der Waals surface area (Å²) < 4.78 is 45.4. The largest absolute Gasteiger partial charge is 0.504 e. The van der Waals surface area contributed by atoms with Crippen molar-refractivity contribution in [1.82, 2.24) is 9.80 Å². The third kappa shape index (κ3) is 4.46. The summed E-state index contributed by atoms with van der Waals surface area (Å²) >= 11 is 0. The van der Waals surface area contributed by atoms with E-state index in [1.807, 2.05) is 36.4 Å². The number of carbonyl (C=O) groups is 1. The lowest BCUT2D eigenvalue weighted by atomic mass is 9.47. The van der Waals surface area contributed by atoms with Crippen LogP contribution in [0.25, 0.3) is 0 Å². The molecular weight excluding hydrogens is 595 g/mol. The number of nitriles is 1. The Balaban J connectivity index is 1.22. The maximum Gasteiger partial charge on any atom is 0.416 e. The lowest BCUT2D eigenvalue weighted by Gasteiger charge is -2.65. The standard InChI is InChI=1S/C36H32F3N3O4/c1-41(30(44)14-9-23-7-11-25(12-8-23)36(37,38)39)27-15-17-35(45)29-19-24-10-13-28(43)32-31(24)34(35,33(27)46-32)20-26(21-40)42(29)18-16-22-5-3-2-4-6-22/h2-8,10-13,26-27,29,33,43,45H,15-20H2,1H3/t26?,27-,29+,33-,34-,35+/m0/s1. The molecule has 236 valence electrons. The highest BCUT2D eigenvalue weighted by Crippen LogP contribution is 2.66. The predicted octanol–water partition coefficient (Wildman–Crippen LogP) is 4.58. The highest BCUT2D eigenvalue weighted by Gasteiger charge is 2.74. The number of benzene rings is 3. The first kappa shape index (κ1) is 30.2. The molecule has 2 aliphatic carbocycles. The van der Waals surface area contributed by atoms with Gasteiger partial charge >= 0.3 is 6.18 Å². The lowest BCUT2D eigenvalue weighted by Crippen LogP contribution is -2.79. The number of aromatic hydroxyl groups is 1. The van der Waals surface area contributed by atoms with Gasteiger partial charge in [0.2, 0.25) is 0 Å². The van der Waals surface area contributed by atoms with Gasteiger partial charge in [0.05, 0.1) is 34.7 Å². The van der Waals surface area contributed by atoms with Crippen molar-refractivity contribution >= 4 is 5.91 Å². The third-order valence-corrected chi connectivity index (χ3v) is 10.6. The number of ether oxygens (including phenoxy) is 1. The maximum absolute atomic E-state index is 13.4. The number of nitrogens with zero attached hydrogens (tertiary/aromatic N) is 3. The van der Waals surface area contributed by atoms with Crippen LogP contribution in [0.3, 0.4) is 0 Å². The molecule has 1 amide bonds. The Labute approximate surface area is 264 Å². The minimum absolute atomic E-state index is 0.0573. The molecule has 2 N–H and O–H groups in total. The van der Waals surface area contributed by atoms with E-state index in [0.717, 1.165) is 28.8 Å². The second-order valence-corrected chi connectivity index (χ2v) is 12.8. The van der Waals surface area contributed by atoms with Crippen LogP contribution in [-0.2, 0) is 29.2 Å². The molecule has 1 spiro atoms. The molecule has 1 saturated carbocycles. The van der Waals surface area contributed by atoms with Gasteiger partial charge in [-0.25, -0.2) is 0 Å². The van der Waals surface area contributed by atoms with Crippen molar-refractivity contribution in [3.63, 3.8) is 0 Å². The molecule has 0 radical (unpaired) electrons. The zero-order valence-corrected chi connectivity index (χ0v) is 25.1. The summed E-state index contributed by atoms with van der Waals surface area (Å²) in [5.74, 6) is 4.90. The molecule has 1 saturated heterocycles. The first-order valence-electron chi connectivity index (χ1n) is 15.4. The Morgan fingerprint density at radius 3 is 2.57 bits per heavy atom. The van der Waals surface area contributed by atoms with Gasteiger partial charge in [0.15, 0.2) is 11.5 Å². The topological polar surface area (TPSA) is 97.0 Å². The Kier molecular flexibility index (Phi) is 7.08. The summed E-state index contributed by atoms with van der Waals surface area (Å²) in [6.07, 6.45) is -3.05. The van der Waals surface area contributed by atoms with Crippen LogP contribution in [0.4, 0.5) is 13.2 Å². The second kappa shape index (κ2) is 10.8. The van der Waals surface area contributed by atoms with Gasteiger partial charge in [-0.05, 0) is 73.6 Å². The summed E-state index contributed by atoms with van der Waals surface area (Å²) in [7, 11) is 1.60. The van der Waals surface area contributed by atoms with Gasteiger partial charge in [0.1, 0.15) is 6.10 Å². The lowest BCUT2D eigenvalue weighted by molar-refractivity contribution is -0.206. The average molecular weight is 628 g/mol. The van der Waals surface area contributed by atoms with Crippen LogP contribution in [0.15, 0.2) is 66.7 Å². The number of amides is 1. The number of halogens is 3. The minimum atomic E-state index is -4.47. The zero-order valence-electron chi connectivity index (χ0n) is 25.1. The monoisotopic (exact) mass is 627 g/mol. The highest BCUT2D eigenvalue weighted by molar-refractivity contribution is 5.94. The van der Waals surface area contributed by atoms with Gasteiger partial charge < -0.3 is 19.8 Å². The molecule has 7 nitrogen and oxygen atoms in total. The molecule has 2 fully saturated rings. The quantitative estimate of drug-likeness (QED) is 0.412. The molecule has 10 heteroatoms. The summed E-state index contributed by atoms with van der Waals surface area (Å²) in [5.41, 5.74) is -0.0769. The first-order chi connectivity index (χ1) is 22.0. The van der Waals surface area contributed by atoms with Crippen molar-refractivity contribution in [1.29, 1.82) is 5.26 Å². The number of rotatable bonds is 4. The van der Waals surface area contributed by atoms with Crippen LogP contribution in [0.2, 0.25) is 0 Å². The SMILES string of the molecule is CN(C(=O)C#Cc1ccc(C(F)(F)F)cc1)[C@H]1CC[C@@]2(O)[C@H]3Cc4ccc(O)c5c4[C@@]2(CC(C#N)N3CCc2ccccc2)[C@H]1O5. The molecule has 46 heavy (non-hydrogen) atoms. The normalized spacial score (nSPS) is 29.0. The number of alkyl halides is 3. The molecule has 0 aromatic heterocycles. The van der Waals surface area contributed by atoms with Crippen LogP contribution >= 0.6 is 0 Å². The number of hydrogen-bond donors (Lipinski definition) is 2. The van der Waals surface area contributed by atoms with E-state index in [2.05, 4.69) is 22.8 Å². The van der Waals surface area contributed by atoms with Gasteiger partial charge in [0.25, 0.3) is 5.91 Å². The van der Waals surface area contributed by atoms with Crippen LogP contribution < -0.4 is 4.74 Å². The minimum Gasteiger partial charge on any atom is -0.504 e. The summed E-state index contributed by atoms with van der Waals surface area (Å²) in [4.78, 5) is 17.0. The van der Waals surface area contributed by atoms with E-state index in [-0.39, 0.29) is 29.5 Å². The molecule has 2 bridgehead atoms. The van der Waals surface area contributed by atoms with E-state index in [1.165, 1.54) is 17.0 Å². The van der Waals surface area contributed by atoms with Crippen LogP contribution in [0.1, 0.15) is 47.1 Å². The number of likely N-dealkylation sites (tertiary alicyclic amines) is 1. The van der Waals surface area contributed by atoms with Crippen molar-refractivity contribution in [3.8, 4) is 29.4 Å². The van der Waals surface area contributed by atoms with Gasteiger partial charge in [-0.2, -0.15) is 18.4 Å². The molecule has 1 unspecified atom stereocenters.